The van der Waals surface area contributed by atoms with E-state index in [4.69, 9.17) is 5.73 Å². The van der Waals surface area contributed by atoms with Gasteiger partial charge in [0.2, 0.25) is 29.5 Å². The van der Waals surface area contributed by atoms with Gasteiger partial charge in [-0.25, -0.2) is 4.79 Å². The van der Waals surface area contributed by atoms with E-state index < -0.39 is 71.8 Å². The van der Waals surface area contributed by atoms with Gasteiger partial charge >= 0.3 is 5.97 Å². The molecule has 0 unspecified atom stereocenters. The third-order valence-corrected chi connectivity index (χ3v) is 14.5. The molecule has 77 heavy (non-hydrogen) atoms. The highest BCUT2D eigenvalue weighted by atomic mass is 32.1. The topological polar surface area (TPSA) is 288 Å². The Labute approximate surface area is 446 Å². The number of H-pyrrole nitrogens is 5. The van der Waals surface area contributed by atoms with Gasteiger partial charge in [0.25, 0.3) is 0 Å². The minimum absolute atomic E-state index is 0.0467. The number of nitrogens with two attached hydrogens (primary N) is 1. The second-order valence-corrected chi connectivity index (χ2v) is 19.6. The molecule has 0 fully saturated rings. The molecule has 5 aromatic carbocycles. The Kier molecular flexibility index (Phi) is 15.2. The maximum atomic E-state index is 15.1. The molecular weight excluding hydrogens is 995 g/mol. The van der Waals surface area contributed by atoms with Crippen molar-refractivity contribution in [2.24, 2.45) is 5.73 Å². The average Bonchev–Trinajstić information content (AvgIpc) is 4.33. The van der Waals surface area contributed by atoms with Crippen LogP contribution in [0.1, 0.15) is 27.8 Å². The Hall–Kier alpha value is -9.07. The average molecular weight is 1050 g/mol. The van der Waals surface area contributed by atoms with Crippen LogP contribution in [-0.2, 0) is 60.9 Å². The molecule has 0 aliphatic heterocycles. The van der Waals surface area contributed by atoms with Crippen LogP contribution in [0.25, 0.3) is 54.5 Å². The number of aliphatic carboxylic acids is 1. The molecule has 0 aliphatic carbocycles. The summed E-state index contributed by atoms with van der Waals surface area (Å²) in [7, 11) is 0. The van der Waals surface area contributed by atoms with Gasteiger partial charge in [0.15, 0.2) is 0 Å². The summed E-state index contributed by atoms with van der Waals surface area (Å²) in [5, 5.41) is 28.7. The van der Waals surface area contributed by atoms with Crippen molar-refractivity contribution in [2.75, 3.05) is 5.75 Å². The number of thiol groups is 1. The number of benzene rings is 5. The molecule has 10 aromatic rings. The standard InChI is InChI=1S/C58H57N11O7S/c59-42(21-32-26-60-43-16-6-1-11-37(32)43)53(70)69-52(31-77)57(74)67-49(23-34-28-62-45-18-8-3-13-39(34)45)55(72)65-48(22-33-27-61-44-17-7-2-12-38(33)44)54(71)66-50(24-35-29-63-46-19-9-4-14-40(35)46)56(73)68-51(58(75)76)25-36-30-64-47-20-10-5-15-41(36)47/h1-20,26-30,42,48-52,60-64,77H,21-25,31,59H2,(H,65,72)(H,66,71)(H,67,74)(H,68,73)(H,69,70)(H,75,76)/t42-,48-,49-,50-,51-,52-/m0/s1. The summed E-state index contributed by atoms with van der Waals surface area (Å²) in [6.07, 6.45) is 8.66. The fraction of sp³-hybridized carbons (Fsp3) is 0.207. The molecular formula is C58H57N11O7S. The van der Waals surface area contributed by atoms with E-state index in [1.807, 2.05) is 121 Å². The van der Waals surface area contributed by atoms with Gasteiger partial charge in [-0.15, -0.1) is 0 Å². The first-order valence-electron chi connectivity index (χ1n) is 25.3. The first-order chi connectivity index (χ1) is 37.4. The van der Waals surface area contributed by atoms with Crippen LogP contribution in [0.5, 0.6) is 0 Å². The number of aromatic nitrogens is 5. The highest BCUT2D eigenvalue weighted by molar-refractivity contribution is 7.80. The van der Waals surface area contributed by atoms with Crippen molar-refractivity contribution in [3.8, 4) is 0 Å². The van der Waals surface area contributed by atoms with Gasteiger partial charge in [-0.3, -0.25) is 24.0 Å². The maximum absolute atomic E-state index is 15.1. The molecule has 0 saturated heterocycles. The smallest absolute Gasteiger partial charge is 0.326 e. The molecule has 6 atom stereocenters. The summed E-state index contributed by atoms with van der Waals surface area (Å²) in [5.74, 6) is -5.01. The molecule has 0 spiro atoms. The summed E-state index contributed by atoms with van der Waals surface area (Å²) >= 11 is 4.42. The second-order valence-electron chi connectivity index (χ2n) is 19.3. The van der Waals surface area contributed by atoms with Crippen molar-refractivity contribution in [3.63, 3.8) is 0 Å². The molecule has 5 amide bonds. The van der Waals surface area contributed by atoms with Crippen molar-refractivity contribution < 1.29 is 33.9 Å². The number of amides is 5. The highest BCUT2D eigenvalue weighted by Crippen LogP contribution is 2.25. The molecule has 19 heteroatoms. The number of hydrogen-bond acceptors (Lipinski definition) is 8. The van der Waals surface area contributed by atoms with E-state index in [2.05, 4.69) is 64.1 Å². The van der Waals surface area contributed by atoms with Crippen LogP contribution >= 0.6 is 12.6 Å². The summed E-state index contributed by atoms with van der Waals surface area (Å²) in [6.45, 7) is 0. The van der Waals surface area contributed by atoms with Gasteiger partial charge < -0.3 is 62.3 Å². The Balaban J connectivity index is 0.935. The number of hydrogen-bond donors (Lipinski definition) is 13. The predicted molar refractivity (Wildman–Crippen MR) is 299 cm³/mol. The molecule has 0 radical (unpaired) electrons. The van der Waals surface area contributed by atoms with Gasteiger partial charge in [-0.2, -0.15) is 12.6 Å². The molecule has 392 valence electrons. The van der Waals surface area contributed by atoms with Gasteiger partial charge in [0, 0.05) is 117 Å². The first-order valence-corrected chi connectivity index (χ1v) is 25.9. The van der Waals surface area contributed by atoms with Crippen molar-refractivity contribution >= 4 is 103 Å². The lowest BCUT2D eigenvalue weighted by Gasteiger charge is -2.27. The van der Waals surface area contributed by atoms with Gasteiger partial charge in [-0.1, -0.05) is 91.0 Å². The predicted octanol–water partition coefficient (Wildman–Crippen LogP) is 5.37. The van der Waals surface area contributed by atoms with Crippen molar-refractivity contribution in [1.82, 2.24) is 51.5 Å². The molecule has 13 N–H and O–H groups in total. The van der Waals surface area contributed by atoms with Crippen LogP contribution in [0, 0.1) is 0 Å². The minimum atomic E-state index is -1.39. The SMILES string of the molecule is N[C@@H](Cc1c[nH]c2ccccc12)C(=O)N[C@@H](CS)C(=O)N[C@@H](Cc1c[nH]c2ccccc12)C(=O)N[C@@H](Cc1c[nH]c2ccccc12)C(=O)N[C@@H](Cc1c[nH]c2ccccc12)C(=O)N[C@@H](Cc1c[nH]c2ccccc12)C(=O)O. The molecule has 5 aromatic heterocycles. The lowest BCUT2D eigenvalue weighted by Crippen LogP contribution is -2.60. The quantitative estimate of drug-likeness (QED) is 0.0391. The molecule has 0 bridgehead atoms. The largest absolute Gasteiger partial charge is 0.480 e. The van der Waals surface area contributed by atoms with Crippen molar-refractivity contribution in [3.05, 3.63) is 180 Å². The van der Waals surface area contributed by atoms with E-state index in [0.717, 1.165) is 60.1 Å². The molecule has 0 aliphatic rings. The Morgan fingerprint density at radius 3 is 0.922 bits per heavy atom. The number of carboxylic acids is 1. The number of para-hydroxylation sites is 5. The second kappa shape index (κ2) is 22.8. The number of carboxylic acid groups (broad SMARTS) is 1. The normalized spacial score (nSPS) is 13.9. The van der Waals surface area contributed by atoms with Gasteiger partial charge in [-0.05, 0) is 64.6 Å². The molecule has 5 heterocycles. The van der Waals surface area contributed by atoms with Crippen LogP contribution in [-0.4, -0.2) is 108 Å². The van der Waals surface area contributed by atoms with Gasteiger partial charge in [0.05, 0.1) is 6.04 Å². The van der Waals surface area contributed by atoms with E-state index in [1.54, 1.807) is 31.0 Å². The van der Waals surface area contributed by atoms with Crippen LogP contribution in [0.15, 0.2) is 152 Å². The minimum Gasteiger partial charge on any atom is -0.480 e. The molecule has 0 saturated carbocycles. The number of aromatic amines is 5. The van der Waals surface area contributed by atoms with Crippen LogP contribution < -0.4 is 32.3 Å². The maximum Gasteiger partial charge on any atom is 0.326 e. The number of carbonyl (C=O) groups is 6. The number of fused-ring (bicyclic) bond motifs is 5. The fourth-order valence-corrected chi connectivity index (χ4v) is 10.4. The Morgan fingerprint density at radius 1 is 0.377 bits per heavy atom. The zero-order valence-corrected chi connectivity index (χ0v) is 42.5. The van der Waals surface area contributed by atoms with Gasteiger partial charge in [0.1, 0.15) is 30.2 Å². The summed E-state index contributed by atoms with van der Waals surface area (Å²) < 4.78 is 0. The van der Waals surface area contributed by atoms with Crippen molar-refractivity contribution in [1.29, 1.82) is 0 Å². The van der Waals surface area contributed by atoms with Crippen molar-refractivity contribution in [2.45, 2.75) is 68.4 Å². The number of carbonyl (C=O) groups excluding carboxylic acids is 5. The fourth-order valence-electron chi connectivity index (χ4n) is 10.1. The third-order valence-electron chi connectivity index (χ3n) is 14.2. The zero-order valence-electron chi connectivity index (χ0n) is 41.6. The van der Waals surface area contributed by atoms with Crippen LogP contribution in [0.3, 0.4) is 0 Å². The first kappa shape index (κ1) is 51.4. The van der Waals surface area contributed by atoms with E-state index in [1.165, 1.54) is 0 Å². The van der Waals surface area contributed by atoms with E-state index in [-0.39, 0.29) is 37.9 Å². The number of nitrogens with one attached hydrogen (secondary N) is 10. The summed E-state index contributed by atoms with van der Waals surface area (Å²) in [6, 6.07) is 29.8. The lowest BCUT2D eigenvalue weighted by molar-refractivity contribution is -0.142. The van der Waals surface area contributed by atoms with Crippen LogP contribution in [0.2, 0.25) is 0 Å². The van der Waals surface area contributed by atoms with E-state index >= 15 is 9.59 Å². The van der Waals surface area contributed by atoms with E-state index in [0.29, 0.717) is 22.3 Å². The van der Waals surface area contributed by atoms with Crippen LogP contribution in [0.4, 0.5) is 0 Å². The monoisotopic (exact) mass is 1050 g/mol. The van der Waals surface area contributed by atoms with E-state index in [9.17, 15) is 24.3 Å². The lowest BCUT2D eigenvalue weighted by atomic mass is 9.99. The number of rotatable bonds is 22. The molecule has 18 nitrogen and oxygen atoms in total. The Bertz CT molecular complexity index is 3800. The summed E-state index contributed by atoms with van der Waals surface area (Å²) in [4.78, 5) is 102. The molecule has 10 rings (SSSR count). The zero-order chi connectivity index (χ0) is 53.6. The highest BCUT2D eigenvalue weighted by Gasteiger charge is 2.35. The summed E-state index contributed by atoms with van der Waals surface area (Å²) in [5.41, 5.74) is 14.0. The third kappa shape index (κ3) is 11.5. The Morgan fingerprint density at radius 2 is 0.623 bits per heavy atom.